The lowest BCUT2D eigenvalue weighted by Crippen LogP contribution is -2.34. The highest BCUT2D eigenvalue weighted by Gasteiger charge is 2.56. The zero-order valence-electron chi connectivity index (χ0n) is 21.4. The molecule has 38 heavy (non-hydrogen) atoms. The minimum Gasteiger partial charge on any atom is -0.508 e. The molecule has 2 aliphatic heterocycles. The van der Waals surface area contributed by atoms with Gasteiger partial charge in [0.25, 0.3) is 0 Å². The van der Waals surface area contributed by atoms with Crippen molar-refractivity contribution in [3.63, 3.8) is 0 Å². The van der Waals surface area contributed by atoms with E-state index in [2.05, 4.69) is 25.1 Å². The molecule has 3 aromatic rings. The number of rotatable bonds is 7. The van der Waals surface area contributed by atoms with Gasteiger partial charge in [-0.05, 0) is 72.0 Å². The van der Waals surface area contributed by atoms with Crippen LogP contribution in [0.25, 0.3) is 11.6 Å². The van der Waals surface area contributed by atoms with E-state index in [0.29, 0.717) is 19.6 Å². The number of amides is 2. The van der Waals surface area contributed by atoms with Crippen LogP contribution in [0.4, 0.5) is 0 Å². The molecule has 0 radical (unpaired) electrons. The van der Waals surface area contributed by atoms with E-state index < -0.39 is 0 Å². The van der Waals surface area contributed by atoms with Gasteiger partial charge in [-0.1, -0.05) is 60.2 Å². The van der Waals surface area contributed by atoms with E-state index in [1.165, 1.54) is 21.6 Å². The van der Waals surface area contributed by atoms with Crippen LogP contribution in [-0.4, -0.2) is 34.5 Å². The number of carbonyl (C=O) groups is 2. The molecule has 0 spiro atoms. The molecule has 3 heterocycles. The number of imide groups is 1. The van der Waals surface area contributed by atoms with Gasteiger partial charge in [0.1, 0.15) is 5.75 Å². The quantitative estimate of drug-likeness (QED) is 0.223. The number of nitrogens with zero attached hydrogens (tertiary/aromatic N) is 1. The van der Waals surface area contributed by atoms with Crippen LogP contribution >= 0.6 is 11.3 Å². The van der Waals surface area contributed by atoms with Crippen molar-refractivity contribution in [2.45, 2.75) is 38.8 Å². The van der Waals surface area contributed by atoms with Crippen molar-refractivity contribution in [3.8, 4) is 5.75 Å². The number of fused-ring (bicyclic) bond motifs is 3. The summed E-state index contributed by atoms with van der Waals surface area (Å²) in [6.45, 7) is 2.97. The van der Waals surface area contributed by atoms with E-state index in [0.717, 1.165) is 28.8 Å². The second kappa shape index (κ2) is 10.4. The van der Waals surface area contributed by atoms with Gasteiger partial charge in [0.05, 0.1) is 31.1 Å². The number of carbonyl (C=O) groups excluding carboxylic acids is 2. The molecule has 1 N–H and O–H groups in total. The summed E-state index contributed by atoms with van der Waals surface area (Å²) < 4.78 is 6.35. The van der Waals surface area contributed by atoms with E-state index in [1.54, 1.807) is 23.5 Å². The SMILES string of the molecule is CC1=C2[C@@H](CC/C(=C/c3cccc(O)c3)c3ccccc3)OC[C@@H]2[C@@H]2C(=O)N(Cc3cccs3)C(=O)[C@@H]2C1. The molecule has 3 aliphatic rings. The molecule has 1 aromatic heterocycles. The molecular weight excluding hydrogens is 494 g/mol. The Morgan fingerprint density at radius 1 is 1.05 bits per heavy atom. The second-order valence-electron chi connectivity index (χ2n) is 10.5. The fourth-order valence-electron chi connectivity index (χ4n) is 6.46. The number of ether oxygens (including phenoxy) is 1. The first kappa shape index (κ1) is 24.8. The van der Waals surface area contributed by atoms with Crippen molar-refractivity contribution in [1.82, 2.24) is 4.90 Å². The largest absolute Gasteiger partial charge is 0.508 e. The number of allylic oxidation sites excluding steroid dienone is 2. The van der Waals surface area contributed by atoms with Crippen molar-refractivity contribution in [2.75, 3.05) is 6.61 Å². The molecule has 0 saturated carbocycles. The lowest BCUT2D eigenvalue weighted by atomic mass is 9.70. The van der Waals surface area contributed by atoms with Crippen LogP contribution < -0.4 is 0 Å². The van der Waals surface area contributed by atoms with E-state index in [-0.39, 0.29) is 41.4 Å². The van der Waals surface area contributed by atoms with Gasteiger partial charge in [0.15, 0.2) is 0 Å². The Balaban J connectivity index is 1.22. The summed E-state index contributed by atoms with van der Waals surface area (Å²) in [6.07, 6.45) is 4.28. The van der Waals surface area contributed by atoms with Gasteiger partial charge in [0.2, 0.25) is 11.8 Å². The van der Waals surface area contributed by atoms with Gasteiger partial charge < -0.3 is 9.84 Å². The topological polar surface area (TPSA) is 66.8 Å². The average Bonchev–Trinajstić information content (AvgIpc) is 3.64. The van der Waals surface area contributed by atoms with Crippen LogP contribution in [0.2, 0.25) is 0 Å². The lowest BCUT2D eigenvalue weighted by molar-refractivity contribution is -0.140. The maximum absolute atomic E-state index is 13.5. The Morgan fingerprint density at radius 3 is 2.66 bits per heavy atom. The third-order valence-corrected chi connectivity index (χ3v) is 9.03. The molecule has 2 amide bonds. The van der Waals surface area contributed by atoms with E-state index in [9.17, 15) is 14.7 Å². The predicted molar refractivity (Wildman–Crippen MR) is 149 cm³/mol. The zero-order valence-corrected chi connectivity index (χ0v) is 22.2. The van der Waals surface area contributed by atoms with Crippen LogP contribution in [0.5, 0.6) is 5.75 Å². The summed E-state index contributed by atoms with van der Waals surface area (Å²) in [5.74, 6) is -0.447. The van der Waals surface area contributed by atoms with Crippen LogP contribution in [0.3, 0.4) is 0 Å². The summed E-state index contributed by atoms with van der Waals surface area (Å²) >= 11 is 1.58. The monoisotopic (exact) mass is 525 g/mol. The lowest BCUT2D eigenvalue weighted by Gasteiger charge is -2.30. The third-order valence-electron chi connectivity index (χ3n) is 8.17. The van der Waals surface area contributed by atoms with Crippen LogP contribution in [-0.2, 0) is 20.9 Å². The molecule has 194 valence electrons. The fraction of sp³-hybridized carbons (Fsp3) is 0.312. The number of phenolic OH excluding ortho intramolecular Hbond substituents is 1. The maximum Gasteiger partial charge on any atom is 0.234 e. The molecule has 5 nitrogen and oxygen atoms in total. The number of benzene rings is 2. The highest BCUT2D eigenvalue weighted by molar-refractivity contribution is 7.09. The minimum atomic E-state index is -0.317. The van der Waals surface area contributed by atoms with Gasteiger partial charge in [-0.3, -0.25) is 14.5 Å². The van der Waals surface area contributed by atoms with Gasteiger partial charge in [0, 0.05) is 10.8 Å². The number of phenols is 1. The first-order chi connectivity index (χ1) is 18.5. The molecule has 6 heteroatoms. The molecule has 1 aliphatic carbocycles. The van der Waals surface area contributed by atoms with Crippen LogP contribution in [0.1, 0.15) is 42.2 Å². The normalized spacial score (nSPS) is 25.2. The Kier molecular flexibility index (Phi) is 6.76. The van der Waals surface area contributed by atoms with Crippen molar-refractivity contribution in [1.29, 1.82) is 0 Å². The summed E-state index contributed by atoms with van der Waals surface area (Å²) in [5.41, 5.74) is 5.70. The van der Waals surface area contributed by atoms with Crippen LogP contribution in [0, 0.1) is 17.8 Å². The number of thiophene rings is 1. The molecule has 6 rings (SSSR count). The van der Waals surface area contributed by atoms with Gasteiger partial charge in [-0.2, -0.15) is 0 Å². The summed E-state index contributed by atoms with van der Waals surface area (Å²) in [5, 5.41) is 11.9. The van der Waals surface area contributed by atoms with E-state index in [1.807, 2.05) is 47.8 Å². The molecular formula is C32H31NO4S. The molecule has 0 unspecified atom stereocenters. The third kappa shape index (κ3) is 4.63. The molecule has 2 fully saturated rings. The Morgan fingerprint density at radius 2 is 1.89 bits per heavy atom. The number of hydrogen-bond acceptors (Lipinski definition) is 5. The standard InChI is InChI=1S/C32H31NO4S/c1-20-15-26-30(32(36)33(31(26)35)18-25-11-6-14-38-25)27-19-37-28(29(20)27)13-12-23(22-8-3-2-4-9-22)16-21-7-5-10-24(34)17-21/h2-11,14,16-17,26-28,30,34H,12-13,15,18-19H2,1H3/b23-16-/t26-,27+,28-,30-/m1/s1. The zero-order chi connectivity index (χ0) is 26.2. The highest BCUT2D eigenvalue weighted by Crippen LogP contribution is 2.50. The summed E-state index contributed by atoms with van der Waals surface area (Å²) in [4.78, 5) is 29.3. The molecule has 4 atom stereocenters. The molecule has 2 aromatic carbocycles. The predicted octanol–water partition coefficient (Wildman–Crippen LogP) is 6.31. The summed E-state index contributed by atoms with van der Waals surface area (Å²) in [6, 6.07) is 21.5. The second-order valence-corrected chi connectivity index (χ2v) is 11.5. The number of hydrogen-bond donors (Lipinski definition) is 1. The smallest absolute Gasteiger partial charge is 0.234 e. The van der Waals surface area contributed by atoms with Crippen molar-refractivity contribution >= 4 is 34.8 Å². The van der Waals surface area contributed by atoms with E-state index >= 15 is 0 Å². The van der Waals surface area contributed by atoms with Crippen molar-refractivity contribution < 1.29 is 19.4 Å². The molecule has 2 saturated heterocycles. The van der Waals surface area contributed by atoms with Crippen molar-refractivity contribution in [2.24, 2.45) is 17.8 Å². The van der Waals surface area contributed by atoms with E-state index in [4.69, 9.17) is 4.74 Å². The minimum absolute atomic E-state index is 0.0289. The van der Waals surface area contributed by atoms with Gasteiger partial charge in [-0.25, -0.2) is 0 Å². The average molecular weight is 526 g/mol. The summed E-state index contributed by atoms with van der Waals surface area (Å²) in [7, 11) is 0. The fourth-order valence-corrected chi connectivity index (χ4v) is 7.16. The first-order valence-corrected chi connectivity index (χ1v) is 14.1. The van der Waals surface area contributed by atoms with Gasteiger partial charge in [-0.15, -0.1) is 11.3 Å². The maximum atomic E-state index is 13.5. The highest BCUT2D eigenvalue weighted by atomic mass is 32.1. The Hall–Kier alpha value is -3.48. The Bertz CT molecular complexity index is 1410. The number of likely N-dealkylation sites (tertiary alicyclic amines) is 1. The van der Waals surface area contributed by atoms with Gasteiger partial charge >= 0.3 is 0 Å². The first-order valence-electron chi connectivity index (χ1n) is 13.2. The number of aromatic hydroxyl groups is 1. The van der Waals surface area contributed by atoms with Crippen molar-refractivity contribution in [3.05, 3.63) is 99.3 Å². The Labute approximate surface area is 227 Å². The van der Waals surface area contributed by atoms with Crippen LogP contribution in [0.15, 0.2) is 83.3 Å². The molecule has 0 bridgehead atoms.